The standard InChI is InChI=1S/C22H20ClN5O3/c23-17-4-1-3-15(13-17)20(29)26-18-14-16(21(30)31)5-6-19(18)27-9-11-28(12-10-27)22-24-7-2-8-25-22/h1-8,13-14H,9-12H2,(H,26,29)(H,30,31). The van der Waals surface area contributed by atoms with E-state index >= 15 is 0 Å². The minimum absolute atomic E-state index is 0.0986. The quantitative estimate of drug-likeness (QED) is 0.631. The molecule has 0 spiro atoms. The zero-order valence-electron chi connectivity index (χ0n) is 16.5. The Labute approximate surface area is 184 Å². The van der Waals surface area contributed by atoms with Gasteiger partial charge in [0.15, 0.2) is 0 Å². The average molecular weight is 438 g/mol. The van der Waals surface area contributed by atoms with Crippen molar-refractivity contribution < 1.29 is 14.7 Å². The lowest BCUT2D eigenvalue weighted by Gasteiger charge is -2.37. The summed E-state index contributed by atoms with van der Waals surface area (Å²) >= 11 is 6.00. The number of hydrogen-bond donors (Lipinski definition) is 2. The molecule has 1 fully saturated rings. The van der Waals surface area contributed by atoms with E-state index in [1.807, 2.05) is 0 Å². The fourth-order valence-electron chi connectivity index (χ4n) is 3.47. The maximum atomic E-state index is 12.8. The van der Waals surface area contributed by atoms with E-state index in [1.165, 1.54) is 6.07 Å². The molecule has 0 aliphatic carbocycles. The monoisotopic (exact) mass is 437 g/mol. The zero-order chi connectivity index (χ0) is 21.8. The third kappa shape index (κ3) is 4.75. The molecule has 2 N–H and O–H groups in total. The van der Waals surface area contributed by atoms with Crippen molar-refractivity contribution in [3.8, 4) is 0 Å². The smallest absolute Gasteiger partial charge is 0.335 e. The first kappa shape index (κ1) is 20.6. The number of nitrogens with zero attached hydrogens (tertiary/aromatic N) is 4. The van der Waals surface area contributed by atoms with Gasteiger partial charge >= 0.3 is 5.97 Å². The van der Waals surface area contributed by atoms with E-state index in [4.69, 9.17) is 11.6 Å². The van der Waals surface area contributed by atoms with Crippen LogP contribution in [0.3, 0.4) is 0 Å². The molecule has 1 aliphatic rings. The average Bonchev–Trinajstić information content (AvgIpc) is 2.80. The summed E-state index contributed by atoms with van der Waals surface area (Å²) < 4.78 is 0. The van der Waals surface area contributed by atoms with Crippen molar-refractivity contribution in [1.82, 2.24) is 9.97 Å². The van der Waals surface area contributed by atoms with Gasteiger partial charge in [0, 0.05) is 49.2 Å². The fourth-order valence-corrected chi connectivity index (χ4v) is 3.66. The molecule has 1 saturated heterocycles. The first-order chi connectivity index (χ1) is 15.0. The van der Waals surface area contributed by atoms with E-state index in [2.05, 4.69) is 25.1 Å². The topological polar surface area (TPSA) is 98.7 Å². The zero-order valence-corrected chi connectivity index (χ0v) is 17.3. The van der Waals surface area contributed by atoms with Crippen molar-refractivity contribution >= 4 is 40.8 Å². The van der Waals surface area contributed by atoms with Gasteiger partial charge in [-0.1, -0.05) is 17.7 Å². The molecular weight excluding hydrogens is 418 g/mol. The van der Waals surface area contributed by atoms with Gasteiger partial charge in [0.2, 0.25) is 5.95 Å². The molecular formula is C22H20ClN5O3. The van der Waals surface area contributed by atoms with Gasteiger partial charge in [-0.05, 0) is 42.5 Å². The van der Waals surface area contributed by atoms with Crippen molar-refractivity contribution in [2.75, 3.05) is 41.3 Å². The summed E-state index contributed by atoms with van der Waals surface area (Å²) in [6, 6.07) is 13.1. The SMILES string of the molecule is O=C(O)c1ccc(N2CCN(c3ncccn3)CC2)c(NC(=O)c2cccc(Cl)c2)c1. The highest BCUT2D eigenvalue weighted by molar-refractivity contribution is 6.31. The van der Waals surface area contributed by atoms with Gasteiger partial charge in [0.25, 0.3) is 5.91 Å². The van der Waals surface area contributed by atoms with Gasteiger partial charge in [0.05, 0.1) is 16.9 Å². The van der Waals surface area contributed by atoms with Crippen LogP contribution in [-0.2, 0) is 0 Å². The largest absolute Gasteiger partial charge is 0.478 e. The molecule has 8 nitrogen and oxygen atoms in total. The summed E-state index contributed by atoms with van der Waals surface area (Å²) in [5.41, 5.74) is 1.69. The van der Waals surface area contributed by atoms with E-state index in [0.29, 0.717) is 48.4 Å². The molecule has 4 rings (SSSR count). The molecule has 2 aromatic carbocycles. The van der Waals surface area contributed by atoms with Crippen LogP contribution in [0.1, 0.15) is 20.7 Å². The molecule has 3 aromatic rings. The van der Waals surface area contributed by atoms with Crippen molar-refractivity contribution in [2.45, 2.75) is 0 Å². The number of hydrogen-bond acceptors (Lipinski definition) is 6. The molecule has 2 heterocycles. The molecule has 1 aromatic heterocycles. The van der Waals surface area contributed by atoms with Crippen LogP contribution < -0.4 is 15.1 Å². The maximum absolute atomic E-state index is 12.8. The third-order valence-corrected chi connectivity index (χ3v) is 5.27. The van der Waals surface area contributed by atoms with E-state index < -0.39 is 5.97 Å². The van der Waals surface area contributed by atoms with E-state index in [-0.39, 0.29) is 11.5 Å². The van der Waals surface area contributed by atoms with Crippen LogP contribution in [-0.4, -0.2) is 53.1 Å². The first-order valence-electron chi connectivity index (χ1n) is 9.72. The molecule has 158 valence electrons. The highest BCUT2D eigenvalue weighted by Crippen LogP contribution is 2.29. The molecule has 0 atom stereocenters. The van der Waals surface area contributed by atoms with Crippen LogP contribution in [0.5, 0.6) is 0 Å². The number of carboxylic acid groups (broad SMARTS) is 1. The number of rotatable bonds is 5. The Morgan fingerprint density at radius 1 is 0.903 bits per heavy atom. The Hall–Kier alpha value is -3.65. The number of piperazine rings is 1. The van der Waals surface area contributed by atoms with Gasteiger partial charge in [-0.3, -0.25) is 4.79 Å². The van der Waals surface area contributed by atoms with Crippen LogP contribution in [0, 0.1) is 0 Å². The molecule has 1 aliphatic heterocycles. The number of aromatic nitrogens is 2. The summed E-state index contributed by atoms with van der Waals surface area (Å²) in [7, 11) is 0. The van der Waals surface area contributed by atoms with Gasteiger partial charge in [-0.25, -0.2) is 14.8 Å². The minimum Gasteiger partial charge on any atom is -0.478 e. The summed E-state index contributed by atoms with van der Waals surface area (Å²) in [6.45, 7) is 2.74. The van der Waals surface area contributed by atoms with Crippen molar-refractivity contribution in [2.24, 2.45) is 0 Å². The Balaban J connectivity index is 1.56. The number of nitrogens with one attached hydrogen (secondary N) is 1. The van der Waals surface area contributed by atoms with E-state index in [9.17, 15) is 14.7 Å². The summed E-state index contributed by atoms with van der Waals surface area (Å²) in [5, 5.41) is 12.7. The van der Waals surface area contributed by atoms with E-state index in [1.54, 1.807) is 54.9 Å². The number of carbonyl (C=O) groups is 2. The van der Waals surface area contributed by atoms with Gasteiger partial charge in [-0.2, -0.15) is 0 Å². The van der Waals surface area contributed by atoms with Crippen LogP contribution >= 0.6 is 11.6 Å². The van der Waals surface area contributed by atoms with Gasteiger partial charge in [0.1, 0.15) is 0 Å². The summed E-state index contributed by atoms with van der Waals surface area (Å²) in [5.74, 6) is -0.740. The maximum Gasteiger partial charge on any atom is 0.335 e. The Morgan fingerprint density at radius 2 is 1.61 bits per heavy atom. The fraction of sp³-hybridized carbons (Fsp3) is 0.182. The lowest BCUT2D eigenvalue weighted by atomic mass is 10.1. The Morgan fingerprint density at radius 3 is 2.29 bits per heavy atom. The lowest BCUT2D eigenvalue weighted by Crippen LogP contribution is -2.47. The molecule has 9 heteroatoms. The number of halogens is 1. The van der Waals surface area contributed by atoms with Gasteiger partial charge < -0.3 is 20.2 Å². The highest BCUT2D eigenvalue weighted by atomic mass is 35.5. The Bertz CT molecular complexity index is 1100. The second-order valence-electron chi connectivity index (χ2n) is 7.02. The number of carboxylic acids is 1. The molecule has 31 heavy (non-hydrogen) atoms. The summed E-state index contributed by atoms with van der Waals surface area (Å²) in [4.78, 5) is 37.0. The summed E-state index contributed by atoms with van der Waals surface area (Å²) in [6.07, 6.45) is 3.42. The first-order valence-corrected chi connectivity index (χ1v) is 10.1. The normalized spacial score (nSPS) is 13.7. The number of anilines is 3. The number of amides is 1. The Kier molecular flexibility index (Phi) is 5.99. The molecule has 0 unspecified atom stereocenters. The number of aromatic carboxylic acids is 1. The number of carbonyl (C=O) groups excluding carboxylic acids is 1. The lowest BCUT2D eigenvalue weighted by molar-refractivity contribution is 0.0696. The predicted octanol–water partition coefficient (Wildman–Crippen LogP) is 3.41. The van der Waals surface area contributed by atoms with Crippen LogP contribution in [0.25, 0.3) is 0 Å². The second-order valence-corrected chi connectivity index (χ2v) is 7.46. The molecule has 0 radical (unpaired) electrons. The van der Waals surface area contributed by atoms with Crippen LogP contribution in [0.2, 0.25) is 5.02 Å². The molecule has 1 amide bonds. The predicted molar refractivity (Wildman–Crippen MR) is 119 cm³/mol. The third-order valence-electron chi connectivity index (χ3n) is 5.03. The molecule has 0 bridgehead atoms. The van der Waals surface area contributed by atoms with Crippen molar-refractivity contribution in [3.63, 3.8) is 0 Å². The number of benzene rings is 2. The van der Waals surface area contributed by atoms with Gasteiger partial charge in [-0.15, -0.1) is 0 Å². The molecule has 0 saturated carbocycles. The minimum atomic E-state index is -1.06. The van der Waals surface area contributed by atoms with Crippen LogP contribution in [0.4, 0.5) is 17.3 Å². The van der Waals surface area contributed by atoms with Crippen LogP contribution in [0.15, 0.2) is 60.9 Å². The van der Waals surface area contributed by atoms with Crippen molar-refractivity contribution in [3.05, 3.63) is 77.1 Å². The van der Waals surface area contributed by atoms with E-state index in [0.717, 1.165) is 5.69 Å². The second kappa shape index (κ2) is 9.01. The van der Waals surface area contributed by atoms with Crippen molar-refractivity contribution in [1.29, 1.82) is 0 Å². The highest BCUT2D eigenvalue weighted by Gasteiger charge is 2.22.